The largest absolute Gasteiger partial charge is 0.247 e. The van der Waals surface area contributed by atoms with Gasteiger partial charge in [0, 0.05) is 6.42 Å². The van der Waals surface area contributed by atoms with E-state index < -0.39 is 0 Å². The molecule has 0 amide bonds. The summed E-state index contributed by atoms with van der Waals surface area (Å²) in [5.41, 5.74) is 1.23. The number of aromatic nitrogens is 2. The molecule has 0 saturated heterocycles. The molecule has 9 heavy (non-hydrogen) atoms. The summed E-state index contributed by atoms with van der Waals surface area (Å²) in [5, 5.41) is 0. The molecule has 48 valence electrons. The fourth-order valence-electron chi connectivity index (χ4n) is 0.711. The SMILES string of the molecule is C=C[n+]1c[nH]c(CC)c1. The molecule has 0 aliphatic carbocycles. The van der Waals surface area contributed by atoms with Crippen LogP contribution in [0.1, 0.15) is 12.6 Å². The highest BCUT2D eigenvalue weighted by molar-refractivity contribution is 4.98. The molecule has 1 N–H and O–H groups in total. The Balaban J connectivity index is 2.86. The van der Waals surface area contributed by atoms with Gasteiger partial charge in [-0.2, -0.15) is 0 Å². The molecule has 1 heterocycles. The van der Waals surface area contributed by atoms with Crippen LogP contribution in [0.2, 0.25) is 0 Å². The molecule has 0 radical (unpaired) electrons. The maximum absolute atomic E-state index is 3.62. The summed E-state index contributed by atoms with van der Waals surface area (Å²) in [4.78, 5) is 3.10. The third-order valence-corrected chi connectivity index (χ3v) is 1.30. The molecule has 0 aliphatic rings. The van der Waals surface area contributed by atoms with Crippen LogP contribution in [0.15, 0.2) is 19.1 Å². The number of aromatic amines is 1. The van der Waals surface area contributed by atoms with E-state index >= 15 is 0 Å². The van der Waals surface area contributed by atoms with Crippen LogP contribution in [-0.2, 0) is 6.42 Å². The number of nitrogens with zero attached hydrogens (tertiary/aromatic N) is 1. The summed E-state index contributed by atoms with van der Waals surface area (Å²) in [6.07, 6.45) is 6.70. The lowest BCUT2D eigenvalue weighted by atomic mass is 10.4. The smallest absolute Gasteiger partial charge is 0.246 e. The summed E-state index contributed by atoms with van der Waals surface area (Å²) < 4.78 is 1.90. The molecule has 1 rings (SSSR count). The molecular formula is C7H11N2+. The van der Waals surface area contributed by atoms with Gasteiger partial charge in [-0.1, -0.05) is 13.5 Å². The van der Waals surface area contributed by atoms with Gasteiger partial charge < -0.3 is 0 Å². The normalized spacial score (nSPS) is 9.44. The molecule has 2 nitrogen and oxygen atoms in total. The average molecular weight is 123 g/mol. The zero-order valence-electron chi connectivity index (χ0n) is 5.59. The van der Waals surface area contributed by atoms with Gasteiger partial charge >= 0.3 is 0 Å². The third kappa shape index (κ3) is 1.19. The predicted molar refractivity (Wildman–Crippen MR) is 36.8 cm³/mol. The Hall–Kier alpha value is -1.05. The van der Waals surface area contributed by atoms with Gasteiger partial charge in [0.2, 0.25) is 6.33 Å². The highest BCUT2D eigenvalue weighted by atomic mass is 15.0. The number of aryl methyl sites for hydroxylation is 1. The molecule has 1 aromatic rings. The van der Waals surface area contributed by atoms with Gasteiger partial charge in [0.05, 0.1) is 6.20 Å². The Morgan fingerprint density at radius 1 is 1.89 bits per heavy atom. The maximum atomic E-state index is 3.62. The van der Waals surface area contributed by atoms with Crippen LogP contribution >= 0.6 is 0 Å². The Kier molecular flexibility index (Phi) is 1.68. The van der Waals surface area contributed by atoms with Crippen molar-refractivity contribution in [2.24, 2.45) is 0 Å². The summed E-state index contributed by atoms with van der Waals surface area (Å²) in [6.45, 7) is 5.73. The minimum atomic E-state index is 1.04. The van der Waals surface area contributed by atoms with E-state index in [1.54, 1.807) is 6.20 Å². The first-order chi connectivity index (χ1) is 4.36. The zero-order valence-corrected chi connectivity index (χ0v) is 5.59. The van der Waals surface area contributed by atoms with Crippen molar-refractivity contribution < 1.29 is 4.57 Å². The zero-order chi connectivity index (χ0) is 6.69. The van der Waals surface area contributed by atoms with Crippen molar-refractivity contribution in [1.29, 1.82) is 0 Å². The van der Waals surface area contributed by atoms with Crippen LogP contribution < -0.4 is 4.57 Å². The van der Waals surface area contributed by atoms with Crippen molar-refractivity contribution in [3.63, 3.8) is 0 Å². The second-order valence-corrected chi connectivity index (χ2v) is 1.91. The minimum absolute atomic E-state index is 1.04. The molecule has 1 aromatic heterocycles. The van der Waals surface area contributed by atoms with E-state index in [4.69, 9.17) is 0 Å². The fourth-order valence-corrected chi connectivity index (χ4v) is 0.711. The monoisotopic (exact) mass is 123 g/mol. The number of H-pyrrole nitrogens is 1. The molecule has 0 unspecified atom stereocenters. The van der Waals surface area contributed by atoms with E-state index in [1.165, 1.54) is 5.69 Å². The number of imidazole rings is 1. The Labute approximate surface area is 54.8 Å². The summed E-state index contributed by atoms with van der Waals surface area (Å²) >= 11 is 0. The van der Waals surface area contributed by atoms with Gasteiger partial charge in [-0.3, -0.25) is 0 Å². The van der Waals surface area contributed by atoms with E-state index in [0.717, 1.165) is 6.42 Å². The highest BCUT2D eigenvalue weighted by Crippen LogP contribution is 1.88. The number of rotatable bonds is 2. The predicted octanol–water partition coefficient (Wildman–Crippen LogP) is 0.965. The van der Waals surface area contributed by atoms with E-state index in [9.17, 15) is 0 Å². The van der Waals surface area contributed by atoms with Gasteiger partial charge in [-0.15, -0.1) is 0 Å². The van der Waals surface area contributed by atoms with Crippen molar-refractivity contribution in [3.05, 3.63) is 24.8 Å². The van der Waals surface area contributed by atoms with Gasteiger partial charge in [-0.05, 0) is 0 Å². The second kappa shape index (κ2) is 2.49. The van der Waals surface area contributed by atoms with Crippen LogP contribution in [0.3, 0.4) is 0 Å². The van der Waals surface area contributed by atoms with E-state index in [-0.39, 0.29) is 0 Å². The Morgan fingerprint density at radius 3 is 3.00 bits per heavy atom. The van der Waals surface area contributed by atoms with Crippen molar-refractivity contribution >= 4 is 6.20 Å². The fraction of sp³-hybridized carbons (Fsp3) is 0.286. The molecule has 0 spiro atoms. The molecule has 0 atom stereocenters. The van der Waals surface area contributed by atoms with Gasteiger partial charge in [0.25, 0.3) is 0 Å². The van der Waals surface area contributed by atoms with Crippen LogP contribution in [0.4, 0.5) is 0 Å². The van der Waals surface area contributed by atoms with Gasteiger partial charge in [0.1, 0.15) is 11.9 Å². The van der Waals surface area contributed by atoms with Crippen LogP contribution in [0.25, 0.3) is 6.20 Å². The Morgan fingerprint density at radius 2 is 2.67 bits per heavy atom. The third-order valence-electron chi connectivity index (χ3n) is 1.30. The summed E-state index contributed by atoms with van der Waals surface area (Å²) in [6, 6.07) is 0. The lowest BCUT2D eigenvalue weighted by Gasteiger charge is -1.75. The van der Waals surface area contributed by atoms with Crippen LogP contribution in [-0.4, -0.2) is 4.98 Å². The highest BCUT2D eigenvalue weighted by Gasteiger charge is 1.97. The average Bonchev–Trinajstić information content (AvgIpc) is 2.34. The summed E-state index contributed by atoms with van der Waals surface area (Å²) in [5.74, 6) is 0. The van der Waals surface area contributed by atoms with Crippen molar-refractivity contribution in [2.45, 2.75) is 13.3 Å². The maximum Gasteiger partial charge on any atom is 0.246 e. The van der Waals surface area contributed by atoms with E-state index in [1.807, 2.05) is 17.1 Å². The Bertz CT molecular complexity index is 200. The molecule has 2 heteroatoms. The standard InChI is InChI=1S/C7H10N2/c1-3-7-5-9(4-2)6-8-7/h4-6H,2-3H2,1H3/p+1. The number of nitrogens with one attached hydrogen (secondary N) is 1. The molecular weight excluding hydrogens is 112 g/mol. The second-order valence-electron chi connectivity index (χ2n) is 1.91. The first-order valence-corrected chi connectivity index (χ1v) is 3.07. The minimum Gasteiger partial charge on any atom is -0.247 e. The molecule has 0 saturated carbocycles. The molecule has 0 fully saturated rings. The van der Waals surface area contributed by atoms with Crippen LogP contribution in [0.5, 0.6) is 0 Å². The van der Waals surface area contributed by atoms with Crippen LogP contribution in [0, 0.1) is 0 Å². The quantitative estimate of drug-likeness (QED) is 0.565. The van der Waals surface area contributed by atoms with Crippen molar-refractivity contribution in [3.8, 4) is 0 Å². The van der Waals surface area contributed by atoms with E-state index in [0.29, 0.717) is 0 Å². The first-order valence-electron chi connectivity index (χ1n) is 3.07. The topological polar surface area (TPSA) is 19.7 Å². The first kappa shape index (κ1) is 6.08. The molecule has 0 aliphatic heterocycles. The van der Waals surface area contributed by atoms with E-state index in [2.05, 4.69) is 18.5 Å². The summed E-state index contributed by atoms with van der Waals surface area (Å²) in [7, 11) is 0. The lowest BCUT2D eigenvalue weighted by Crippen LogP contribution is -2.20. The van der Waals surface area contributed by atoms with Gasteiger partial charge in [-0.25, -0.2) is 9.55 Å². The van der Waals surface area contributed by atoms with Crippen molar-refractivity contribution in [1.82, 2.24) is 4.98 Å². The lowest BCUT2D eigenvalue weighted by molar-refractivity contribution is -0.566. The van der Waals surface area contributed by atoms with Crippen molar-refractivity contribution in [2.75, 3.05) is 0 Å². The number of hydrogen-bond donors (Lipinski definition) is 1. The van der Waals surface area contributed by atoms with Gasteiger partial charge in [0.15, 0.2) is 0 Å². The molecule has 0 aromatic carbocycles. The molecule has 0 bridgehead atoms. The number of hydrogen-bond acceptors (Lipinski definition) is 0.